The molecule has 1 aromatic carbocycles. The lowest BCUT2D eigenvalue weighted by atomic mass is 10.1. The van der Waals surface area contributed by atoms with Gasteiger partial charge < -0.3 is 10.6 Å². The number of hydrogen-bond acceptors (Lipinski definition) is 3. The molecule has 0 unspecified atom stereocenters. The Kier molecular flexibility index (Phi) is 2.67. The number of anilines is 2. The fourth-order valence-corrected chi connectivity index (χ4v) is 2.25. The van der Waals surface area contributed by atoms with Gasteiger partial charge in [0.1, 0.15) is 11.6 Å². The van der Waals surface area contributed by atoms with Gasteiger partial charge in [-0.2, -0.15) is 0 Å². The summed E-state index contributed by atoms with van der Waals surface area (Å²) in [6.45, 7) is 0.558. The molecule has 1 aromatic heterocycles. The van der Waals surface area contributed by atoms with Crippen LogP contribution in [0.1, 0.15) is 15.9 Å². The topological polar surface area (TPSA) is 59.2 Å². The van der Waals surface area contributed by atoms with Crippen LogP contribution in [0.4, 0.5) is 15.9 Å². The van der Waals surface area contributed by atoms with Crippen LogP contribution in [-0.2, 0) is 6.42 Å². The fraction of sp³-hybridized carbons (Fsp3) is 0.143. The number of aromatic nitrogens is 1. The number of benzene rings is 1. The molecule has 0 spiro atoms. The number of fused-ring (bicyclic) bond motifs is 1. The molecule has 1 aliphatic rings. The highest BCUT2D eigenvalue weighted by Crippen LogP contribution is 2.29. The number of hydrogen-bond donors (Lipinski definition) is 1. The number of pyridine rings is 1. The Bertz CT molecular complexity index is 640. The van der Waals surface area contributed by atoms with Crippen LogP contribution >= 0.6 is 0 Å². The van der Waals surface area contributed by atoms with E-state index in [4.69, 9.17) is 5.73 Å². The molecule has 0 radical (unpaired) electrons. The third kappa shape index (κ3) is 2.03. The predicted octanol–water partition coefficient (Wildman–Crippen LogP) is 2.01. The normalized spacial score (nSPS) is 13.4. The molecule has 3 rings (SSSR count). The average molecular weight is 257 g/mol. The van der Waals surface area contributed by atoms with Crippen molar-refractivity contribution in [1.29, 1.82) is 0 Å². The number of amides is 1. The van der Waals surface area contributed by atoms with Gasteiger partial charge in [0.25, 0.3) is 5.91 Å². The molecule has 0 bridgehead atoms. The Morgan fingerprint density at radius 3 is 2.89 bits per heavy atom. The van der Waals surface area contributed by atoms with E-state index in [-0.39, 0.29) is 11.7 Å². The summed E-state index contributed by atoms with van der Waals surface area (Å²) in [5.74, 6) is -0.157. The van der Waals surface area contributed by atoms with Crippen molar-refractivity contribution in [3.63, 3.8) is 0 Å². The second-order valence-electron chi connectivity index (χ2n) is 4.45. The molecule has 0 saturated heterocycles. The molecule has 2 aromatic rings. The Morgan fingerprint density at radius 2 is 2.16 bits per heavy atom. The van der Waals surface area contributed by atoms with Gasteiger partial charge in [-0.25, -0.2) is 9.37 Å². The van der Waals surface area contributed by atoms with Crippen molar-refractivity contribution >= 4 is 17.4 Å². The van der Waals surface area contributed by atoms with Crippen LogP contribution in [0.2, 0.25) is 0 Å². The van der Waals surface area contributed by atoms with Crippen LogP contribution in [0.3, 0.4) is 0 Å². The molecule has 0 atom stereocenters. The van der Waals surface area contributed by atoms with Gasteiger partial charge in [0.2, 0.25) is 0 Å². The quantitative estimate of drug-likeness (QED) is 0.850. The summed E-state index contributed by atoms with van der Waals surface area (Å²) in [4.78, 5) is 17.8. The van der Waals surface area contributed by atoms with Crippen LogP contribution in [0, 0.1) is 5.82 Å². The summed E-state index contributed by atoms with van der Waals surface area (Å²) in [5.41, 5.74) is 7.57. The smallest absolute Gasteiger partial charge is 0.259 e. The van der Waals surface area contributed by atoms with Crippen molar-refractivity contribution < 1.29 is 9.18 Å². The van der Waals surface area contributed by atoms with Gasteiger partial charge in [0, 0.05) is 12.7 Å². The second-order valence-corrected chi connectivity index (χ2v) is 4.45. The number of carbonyl (C=O) groups is 1. The van der Waals surface area contributed by atoms with E-state index in [0.717, 1.165) is 12.0 Å². The van der Waals surface area contributed by atoms with E-state index in [1.807, 2.05) is 0 Å². The first kappa shape index (κ1) is 11.6. The maximum Gasteiger partial charge on any atom is 0.259 e. The summed E-state index contributed by atoms with van der Waals surface area (Å²) in [5, 5.41) is 0. The standard InChI is InChI=1S/C14H12FN3O/c15-11-3-1-9-5-6-18(12(9)7-11)14(19)10-2-4-13(16)17-8-10/h1-4,7-8H,5-6H2,(H2,16,17). The summed E-state index contributed by atoms with van der Waals surface area (Å²) >= 11 is 0. The van der Waals surface area contributed by atoms with E-state index in [9.17, 15) is 9.18 Å². The molecule has 0 fully saturated rings. The maximum absolute atomic E-state index is 13.3. The first-order chi connectivity index (χ1) is 9.15. The first-order valence-corrected chi connectivity index (χ1v) is 5.97. The van der Waals surface area contributed by atoms with Crippen molar-refractivity contribution in [3.05, 3.63) is 53.5 Å². The molecule has 19 heavy (non-hydrogen) atoms. The molecule has 0 saturated carbocycles. The lowest BCUT2D eigenvalue weighted by molar-refractivity contribution is 0.0989. The molecule has 96 valence electrons. The van der Waals surface area contributed by atoms with Gasteiger partial charge in [-0.1, -0.05) is 6.07 Å². The highest BCUT2D eigenvalue weighted by Gasteiger charge is 2.26. The summed E-state index contributed by atoms with van der Waals surface area (Å²) < 4.78 is 13.3. The zero-order valence-corrected chi connectivity index (χ0v) is 10.1. The molecule has 1 aliphatic heterocycles. The zero-order valence-electron chi connectivity index (χ0n) is 10.1. The van der Waals surface area contributed by atoms with E-state index in [0.29, 0.717) is 23.6 Å². The number of nitrogens with zero attached hydrogens (tertiary/aromatic N) is 2. The lowest BCUT2D eigenvalue weighted by Crippen LogP contribution is -2.29. The number of carbonyl (C=O) groups excluding carboxylic acids is 1. The molecule has 4 nitrogen and oxygen atoms in total. The van der Waals surface area contributed by atoms with Gasteiger partial charge in [-0.3, -0.25) is 4.79 Å². The number of nitrogens with two attached hydrogens (primary N) is 1. The van der Waals surface area contributed by atoms with Crippen molar-refractivity contribution in [2.45, 2.75) is 6.42 Å². The third-order valence-electron chi connectivity index (χ3n) is 3.22. The van der Waals surface area contributed by atoms with E-state index in [2.05, 4.69) is 4.98 Å². The summed E-state index contributed by atoms with van der Waals surface area (Å²) in [7, 11) is 0. The van der Waals surface area contributed by atoms with Crippen LogP contribution in [0.25, 0.3) is 0 Å². The van der Waals surface area contributed by atoms with E-state index in [1.54, 1.807) is 23.1 Å². The first-order valence-electron chi connectivity index (χ1n) is 5.97. The van der Waals surface area contributed by atoms with Crippen LogP contribution in [0.5, 0.6) is 0 Å². The van der Waals surface area contributed by atoms with Gasteiger partial charge in [-0.15, -0.1) is 0 Å². The number of rotatable bonds is 1. The SMILES string of the molecule is Nc1ccc(C(=O)N2CCc3ccc(F)cc32)cn1. The van der Waals surface area contributed by atoms with Crippen molar-refractivity contribution in [2.75, 3.05) is 17.2 Å². The second kappa shape index (κ2) is 4.35. The highest BCUT2D eigenvalue weighted by molar-refractivity contribution is 6.07. The van der Waals surface area contributed by atoms with E-state index in [1.165, 1.54) is 18.3 Å². The molecular weight excluding hydrogens is 245 g/mol. The molecule has 2 heterocycles. The van der Waals surface area contributed by atoms with Crippen LogP contribution in [0.15, 0.2) is 36.5 Å². The maximum atomic E-state index is 13.3. The molecule has 0 aliphatic carbocycles. The fourth-order valence-electron chi connectivity index (χ4n) is 2.25. The summed E-state index contributed by atoms with van der Waals surface area (Å²) in [6.07, 6.45) is 2.18. The number of nitrogen functional groups attached to an aromatic ring is 1. The Hall–Kier alpha value is -2.43. The van der Waals surface area contributed by atoms with E-state index >= 15 is 0 Å². The third-order valence-corrected chi connectivity index (χ3v) is 3.22. The van der Waals surface area contributed by atoms with Crippen LogP contribution in [-0.4, -0.2) is 17.4 Å². The summed E-state index contributed by atoms with van der Waals surface area (Å²) in [6, 6.07) is 7.74. The Balaban J connectivity index is 1.95. The lowest BCUT2D eigenvalue weighted by Gasteiger charge is -2.17. The highest BCUT2D eigenvalue weighted by atomic mass is 19.1. The molecule has 1 amide bonds. The number of halogens is 1. The van der Waals surface area contributed by atoms with E-state index < -0.39 is 0 Å². The van der Waals surface area contributed by atoms with Crippen molar-refractivity contribution in [3.8, 4) is 0 Å². The monoisotopic (exact) mass is 257 g/mol. The van der Waals surface area contributed by atoms with Gasteiger partial charge in [0.05, 0.1) is 11.3 Å². The van der Waals surface area contributed by atoms with Gasteiger partial charge in [-0.05, 0) is 36.2 Å². The Morgan fingerprint density at radius 1 is 1.32 bits per heavy atom. The van der Waals surface area contributed by atoms with Gasteiger partial charge >= 0.3 is 0 Å². The van der Waals surface area contributed by atoms with Gasteiger partial charge in [0.15, 0.2) is 0 Å². The minimum Gasteiger partial charge on any atom is -0.384 e. The largest absolute Gasteiger partial charge is 0.384 e. The average Bonchev–Trinajstić information content (AvgIpc) is 2.81. The van der Waals surface area contributed by atoms with Crippen molar-refractivity contribution in [1.82, 2.24) is 4.98 Å². The minimum absolute atomic E-state index is 0.183. The van der Waals surface area contributed by atoms with Crippen LogP contribution < -0.4 is 10.6 Å². The Labute approximate surface area is 109 Å². The van der Waals surface area contributed by atoms with Crippen molar-refractivity contribution in [2.24, 2.45) is 0 Å². The minimum atomic E-state index is -0.339. The molecular formula is C14H12FN3O. The predicted molar refractivity (Wildman–Crippen MR) is 70.4 cm³/mol. The zero-order chi connectivity index (χ0) is 13.4. The molecule has 5 heteroatoms. The molecule has 2 N–H and O–H groups in total.